The van der Waals surface area contributed by atoms with E-state index in [9.17, 15) is 4.79 Å². The lowest BCUT2D eigenvalue weighted by atomic mass is 10.1. The average Bonchev–Trinajstić information content (AvgIpc) is 2.92. The second-order valence-electron chi connectivity index (χ2n) is 4.30. The lowest BCUT2D eigenvalue weighted by Crippen LogP contribution is -2.03. The SMILES string of the molecule is COc1ccc(CC(=O)c2nc3ccccc3s2)cn1. The summed E-state index contributed by atoms with van der Waals surface area (Å²) in [6.07, 6.45) is 1.96. The summed E-state index contributed by atoms with van der Waals surface area (Å²) in [6.45, 7) is 0. The predicted molar refractivity (Wildman–Crippen MR) is 78.4 cm³/mol. The van der Waals surface area contributed by atoms with Gasteiger partial charge in [-0.2, -0.15) is 0 Å². The lowest BCUT2D eigenvalue weighted by Gasteiger charge is -2.00. The molecule has 100 valence electrons. The van der Waals surface area contributed by atoms with Crippen molar-refractivity contribution in [2.75, 3.05) is 7.11 Å². The fraction of sp³-hybridized carbons (Fsp3) is 0.133. The summed E-state index contributed by atoms with van der Waals surface area (Å²) in [7, 11) is 1.56. The molecule has 3 rings (SSSR count). The van der Waals surface area contributed by atoms with Crippen molar-refractivity contribution in [1.82, 2.24) is 9.97 Å². The van der Waals surface area contributed by atoms with Crippen LogP contribution >= 0.6 is 11.3 Å². The van der Waals surface area contributed by atoms with Gasteiger partial charge in [0.05, 0.1) is 17.3 Å². The minimum absolute atomic E-state index is 0.0122. The Morgan fingerprint density at radius 1 is 1.25 bits per heavy atom. The third kappa shape index (κ3) is 2.53. The number of thiazole rings is 1. The van der Waals surface area contributed by atoms with Crippen LogP contribution < -0.4 is 4.74 Å². The van der Waals surface area contributed by atoms with E-state index in [1.807, 2.05) is 30.3 Å². The van der Waals surface area contributed by atoms with Crippen molar-refractivity contribution in [2.45, 2.75) is 6.42 Å². The molecule has 0 spiro atoms. The van der Waals surface area contributed by atoms with E-state index in [4.69, 9.17) is 4.74 Å². The van der Waals surface area contributed by atoms with E-state index in [0.717, 1.165) is 15.8 Å². The zero-order valence-corrected chi connectivity index (χ0v) is 11.7. The molecule has 0 fully saturated rings. The molecule has 4 nitrogen and oxygen atoms in total. The number of nitrogens with zero attached hydrogens (tertiary/aromatic N) is 2. The number of Topliss-reactive ketones (excluding diaryl/α,β-unsaturated/α-hetero) is 1. The van der Waals surface area contributed by atoms with Gasteiger partial charge in [-0.25, -0.2) is 9.97 Å². The fourth-order valence-corrected chi connectivity index (χ4v) is 2.79. The number of aromatic nitrogens is 2. The number of ether oxygens (including phenoxy) is 1. The molecule has 0 aliphatic carbocycles. The van der Waals surface area contributed by atoms with Crippen LogP contribution in [0.4, 0.5) is 0 Å². The number of hydrogen-bond donors (Lipinski definition) is 0. The monoisotopic (exact) mass is 284 g/mol. The maximum atomic E-state index is 12.2. The number of carbonyl (C=O) groups excluding carboxylic acids is 1. The van der Waals surface area contributed by atoms with Crippen LogP contribution in [0.25, 0.3) is 10.2 Å². The van der Waals surface area contributed by atoms with Crippen molar-refractivity contribution in [1.29, 1.82) is 0 Å². The van der Waals surface area contributed by atoms with E-state index in [0.29, 0.717) is 17.3 Å². The zero-order valence-electron chi connectivity index (χ0n) is 10.9. The van der Waals surface area contributed by atoms with E-state index in [-0.39, 0.29) is 5.78 Å². The molecule has 0 unspecified atom stereocenters. The van der Waals surface area contributed by atoms with E-state index in [2.05, 4.69) is 9.97 Å². The van der Waals surface area contributed by atoms with Gasteiger partial charge in [0.2, 0.25) is 5.88 Å². The number of hydrogen-bond acceptors (Lipinski definition) is 5. The molecule has 0 radical (unpaired) electrons. The summed E-state index contributed by atoms with van der Waals surface area (Å²) in [5.74, 6) is 0.555. The molecule has 2 heterocycles. The normalized spacial score (nSPS) is 10.7. The van der Waals surface area contributed by atoms with Gasteiger partial charge < -0.3 is 4.74 Å². The molecule has 0 saturated carbocycles. The van der Waals surface area contributed by atoms with Gasteiger partial charge in [0, 0.05) is 18.7 Å². The van der Waals surface area contributed by atoms with Crippen LogP contribution in [-0.4, -0.2) is 22.9 Å². The number of pyridine rings is 1. The third-order valence-corrected chi connectivity index (χ3v) is 3.98. The summed E-state index contributed by atoms with van der Waals surface area (Å²) >= 11 is 1.43. The average molecular weight is 284 g/mol. The molecule has 1 aromatic carbocycles. The molecule has 20 heavy (non-hydrogen) atoms. The molecule has 0 aliphatic rings. The minimum atomic E-state index is 0.0122. The van der Waals surface area contributed by atoms with Gasteiger partial charge in [-0.05, 0) is 17.7 Å². The fourth-order valence-electron chi connectivity index (χ4n) is 1.89. The van der Waals surface area contributed by atoms with Crippen molar-refractivity contribution < 1.29 is 9.53 Å². The summed E-state index contributed by atoms with van der Waals surface area (Å²) in [5.41, 5.74) is 1.73. The highest BCUT2D eigenvalue weighted by atomic mass is 32.1. The Kier molecular flexibility index (Phi) is 3.43. The predicted octanol–water partition coefficient (Wildman–Crippen LogP) is 3.13. The van der Waals surface area contributed by atoms with Crippen LogP contribution in [0.2, 0.25) is 0 Å². The molecular weight excluding hydrogens is 272 g/mol. The molecule has 0 bridgehead atoms. The molecule has 3 aromatic rings. The highest BCUT2D eigenvalue weighted by molar-refractivity contribution is 7.20. The first-order valence-corrected chi connectivity index (χ1v) is 6.95. The lowest BCUT2D eigenvalue weighted by molar-refractivity contribution is 0.0992. The Bertz CT molecular complexity index is 717. The number of rotatable bonds is 4. The first-order chi connectivity index (χ1) is 9.76. The second kappa shape index (κ2) is 5.38. The van der Waals surface area contributed by atoms with Crippen LogP contribution in [-0.2, 0) is 6.42 Å². The zero-order chi connectivity index (χ0) is 13.9. The van der Waals surface area contributed by atoms with E-state index in [1.165, 1.54) is 11.3 Å². The maximum absolute atomic E-state index is 12.2. The van der Waals surface area contributed by atoms with Crippen molar-refractivity contribution in [3.05, 3.63) is 53.2 Å². The molecule has 0 atom stereocenters. The van der Waals surface area contributed by atoms with Crippen molar-refractivity contribution in [3.63, 3.8) is 0 Å². The molecule has 0 amide bonds. The highest BCUT2D eigenvalue weighted by Gasteiger charge is 2.13. The molecule has 5 heteroatoms. The van der Waals surface area contributed by atoms with Gasteiger partial charge in [-0.1, -0.05) is 18.2 Å². The quantitative estimate of drug-likeness (QED) is 0.691. The molecule has 0 saturated heterocycles. The van der Waals surface area contributed by atoms with Gasteiger partial charge in [0.25, 0.3) is 0 Å². The van der Waals surface area contributed by atoms with Gasteiger partial charge in [-0.3, -0.25) is 4.79 Å². The number of benzene rings is 1. The van der Waals surface area contributed by atoms with Crippen molar-refractivity contribution in [2.24, 2.45) is 0 Å². The summed E-state index contributed by atoms with van der Waals surface area (Å²) < 4.78 is 6.02. The Labute approximate surface area is 120 Å². The van der Waals surface area contributed by atoms with Crippen LogP contribution in [0.15, 0.2) is 42.6 Å². The smallest absolute Gasteiger partial charge is 0.212 e. The van der Waals surface area contributed by atoms with Crippen molar-refractivity contribution >= 4 is 27.3 Å². The Morgan fingerprint density at radius 3 is 2.80 bits per heavy atom. The van der Waals surface area contributed by atoms with Crippen LogP contribution in [0, 0.1) is 0 Å². The minimum Gasteiger partial charge on any atom is -0.481 e. The highest BCUT2D eigenvalue weighted by Crippen LogP contribution is 2.22. The number of methoxy groups -OCH3 is 1. The maximum Gasteiger partial charge on any atom is 0.212 e. The first kappa shape index (κ1) is 12.7. The van der Waals surface area contributed by atoms with Crippen LogP contribution in [0.5, 0.6) is 5.88 Å². The number of fused-ring (bicyclic) bond motifs is 1. The van der Waals surface area contributed by atoms with E-state index < -0.39 is 0 Å². The topological polar surface area (TPSA) is 52.1 Å². The molecule has 0 N–H and O–H groups in total. The van der Waals surface area contributed by atoms with E-state index >= 15 is 0 Å². The van der Waals surface area contributed by atoms with E-state index in [1.54, 1.807) is 19.4 Å². The summed E-state index contributed by atoms with van der Waals surface area (Å²) in [4.78, 5) is 20.7. The standard InChI is InChI=1S/C15H12N2O2S/c1-19-14-7-6-10(9-16-14)8-12(18)15-17-11-4-2-3-5-13(11)20-15/h2-7,9H,8H2,1H3. The number of carbonyl (C=O) groups is 1. The molecule has 0 aliphatic heterocycles. The number of para-hydroxylation sites is 1. The summed E-state index contributed by atoms with van der Waals surface area (Å²) in [6, 6.07) is 11.3. The Morgan fingerprint density at radius 2 is 2.10 bits per heavy atom. The van der Waals surface area contributed by atoms with Crippen molar-refractivity contribution in [3.8, 4) is 5.88 Å². The summed E-state index contributed by atoms with van der Waals surface area (Å²) in [5, 5.41) is 0.544. The van der Waals surface area contributed by atoms with Gasteiger partial charge >= 0.3 is 0 Å². The molecular formula is C15H12N2O2S. The van der Waals surface area contributed by atoms with Gasteiger partial charge in [-0.15, -0.1) is 11.3 Å². The third-order valence-electron chi connectivity index (χ3n) is 2.90. The number of ketones is 1. The Balaban J connectivity index is 1.81. The van der Waals surface area contributed by atoms with Gasteiger partial charge in [0.15, 0.2) is 10.8 Å². The van der Waals surface area contributed by atoms with Crippen LogP contribution in [0.1, 0.15) is 15.4 Å². The van der Waals surface area contributed by atoms with Crippen LogP contribution in [0.3, 0.4) is 0 Å². The van der Waals surface area contributed by atoms with Gasteiger partial charge in [0.1, 0.15) is 0 Å². The Hall–Kier alpha value is -2.27. The first-order valence-electron chi connectivity index (χ1n) is 6.14. The second-order valence-corrected chi connectivity index (χ2v) is 5.33. The largest absolute Gasteiger partial charge is 0.481 e. The molecule has 2 aromatic heterocycles.